The topological polar surface area (TPSA) is 97.3 Å². The van der Waals surface area contributed by atoms with Crippen LogP contribution in [0.15, 0.2) is 70.0 Å². The second kappa shape index (κ2) is 8.20. The van der Waals surface area contributed by atoms with Crippen LogP contribution in [0.25, 0.3) is 6.08 Å². The monoisotopic (exact) mass is 404 g/mol. The van der Waals surface area contributed by atoms with Crippen molar-refractivity contribution < 1.29 is 9.53 Å². The number of nitrogens with zero attached hydrogens (tertiary/aromatic N) is 3. The number of hydrogen-bond acceptors (Lipinski definition) is 6. The summed E-state index contributed by atoms with van der Waals surface area (Å²) in [6.45, 7) is 0.473. The van der Waals surface area contributed by atoms with Crippen LogP contribution in [0.3, 0.4) is 0 Å². The van der Waals surface area contributed by atoms with Gasteiger partial charge in [0.15, 0.2) is 0 Å². The molecule has 30 heavy (non-hydrogen) atoms. The first-order valence-corrected chi connectivity index (χ1v) is 9.41. The zero-order valence-electron chi connectivity index (χ0n) is 16.4. The summed E-state index contributed by atoms with van der Waals surface area (Å²) in [4.78, 5) is 46.5. The van der Waals surface area contributed by atoms with Crippen LogP contribution in [-0.4, -0.2) is 34.1 Å². The number of anilines is 1. The number of rotatable bonds is 5. The molecule has 0 saturated carbocycles. The van der Waals surface area contributed by atoms with Crippen molar-refractivity contribution in [3.63, 3.8) is 0 Å². The van der Waals surface area contributed by atoms with Crippen molar-refractivity contribution in [3.05, 3.63) is 98.0 Å². The summed E-state index contributed by atoms with van der Waals surface area (Å²) >= 11 is 0. The van der Waals surface area contributed by atoms with E-state index < -0.39 is 17.2 Å². The van der Waals surface area contributed by atoms with Crippen molar-refractivity contribution >= 4 is 17.9 Å². The third kappa shape index (κ3) is 3.93. The number of aromatic amines is 1. The summed E-state index contributed by atoms with van der Waals surface area (Å²) in [6, 6.07) is 12.8. The Balaban J connectivity index is 1.64. The molecule has 0 unspecified atom stereocenters. The molecule has 0 radical (unpaired) electrons. The highest BCUT2D eigenvalue weighted by atomic mass is 16.5. The lowest BCUT2D eigenvalue weighted by Gasteiger charge is -2.26. The number of esters is 1. The van der Waals surface area contributed by atoms with Crippen LogP contribution in [0.2, 0.25) is 0 Å². The van der Waals surface area contributed by atoms with Gasteiger partial charge in [0.1, 0.15) is 12.4 Å². The number of hydrogen-bond donors (Lipinski definition) is 1. The zero-order chi connectivity index (χ0) is 21.1. The summed E-state index contributed by atoms with van der Waals surface area (Å²) in [5.74, 6) is -0.121. The van der Waals surface area contributed by atoms with Crippen molar-refractivity contribution in [1.82, 2.24) is 14.5 Å². The molecule has 0 aliphatic carbocycles. The molecule has 1 N–H and O–H groups in total. The molecule has 0 atom stereocenters. The van der Waals surface area contributed by atoms with E-state index in [1.165, 1.54) is 6.08 Å². The highest BCUT2D eigenvalue weighted by Crippen LogP contribution is 2.22. The molecule has 0 amide bonds. The van der Waals surface area contributed by atoms with Crippen molar-refractivity contribution in [2.45, 2.75) is 13.2 Å². The van der Waals surface area contributed by atoms with Crippen LogP contribution in [0.4, 0.5) is 5.82 Å². The summed E-state index contributed by atoms with van der Waals surface area (Å²) in [6.07, 6.45) is 4.75. The molecule has 152 valence electrons. The normalized spacial score (nSPS) is 12.8. The van der Waals surface area contributed by atoms with Crippen LogP contribution in [0, 0.1) is 0 Å². The Morgan fingerprint density at radius 3 is 2.57 bits per heavy atom. The summed E-state index contributed by atoms with van der Waals surface area (Å²) in [5, 5.41) is 0. The van der Waals surface area contributed by atoms with Gasteiger partial charge in [-0.2, -0.15) is 0 Å². The van der Waals surface area contributed by atoms with E-state index in [1.54, 1.807) is 36.5 Å². The van der Waals surface area contributed by atoms with Gasteiger partial charge >= 0.3 is 11.7 Å². The molecular weight excluding hydrogens is 384 g/mol. The molecule has 2 aromatic heterocycles. The molecule has 8 heteroatoms. The Labute approximate surface area is 172 Å². The second-order valence-corrected chi connectivity index (χ2v) is 7.03. The first-order chi connectivity index (χ1) is 14.5. The van der Waals surface area contributed by atoms with Gasteiger partial charge < -0.3 is 9.64 Å². The lowest BCUT2D eigenvalue weighted by atomic mass is 10.1. The third-order valence-electron chi connectivity index (χ3n) is 4.87. The Kier molecular flexibility index (Phi) is 5.30. The number of likely N-dealkylation sites (N-methyl/N-ethyl adjacent to an activating group) is 1. The van der Waals surface area contributed by atoms with E-state index in [2.05, 4.69) is 9.97 Å². The van der Waals surface area contributed by atoms with Gasteiger partial charge in [-0.05, 0) is 29.3 Å². The maximum absolute atomic E-state index is 13.0. The molecule has 1 aliphatic heterocycles. The van der Waals surface area contributed by atoms with Gasteiger partial charge in [-0.1, -0.05) is 30.3 Å². The SMILES string of the molecule is CN1CC(C(=O)OCc2ccncc2)=Cc2c1[nH]c(=O)n(Cc1ccccc1)c2=O. The number of fused-ring (bicyclic) bond motifs is 1. The molecule has 8 nitrogen and oxygen atoms in total. The first kappa shape index (κ1) is 19.4. The maximum Gasteiger partial charge on any atom is 0.336 e. The van der Waals surface area contributed by atoms with E-state index in [0.29, 0.717) is 11.4 Å². The Hall–Kier alpha value is -3.94. The van der Waals surface area contributed by atoms with Crippen LogP contribution in [0.1, 0.15) is 16.7 Å². The van der Waals surface area contributed by atoms with Crippen LogP contribution >= 0.6 is 0 Å². The van der Waals surface area contributed by atoms with Crippen molar-refractivity contribution in [2.75, 3.05) is 18.5 Å². The van der Waals surface area contributed by atoms with E-state index in [1.807, 2.05) is 30.3 Å². The summed E-state index contributed by atoms with van der Waals surface area (Å²) < 4.78 is 6.51. The molecule has 0 spiro atoms. The second-order valence-electron chi connectivity index (χ2n) is 7.03. The number of nitrogens with one attached hydrogen (secondary N) is 1. The van der Waals surface area contributed by atoms with Crippen LogP contribution in [-0.2, 0) is 22.7 Å². The van der Waals surface area contributed by atoms with Gasteiger partial charge in [0.05, 0.1) is 24.2 Å². The maximum atomic E-state index is 13.0. The average molecular weight is 404 g/mol. The number of H-pyrrole nitrogens is 1. The minimum atomic E-state index is -0.510. The number of carbonyl (C=O) groups excluding carboxylic acids is 1. The van der Waals surface area contributed by atoms with Gasteiger partial charge in [-0.3, -0.25) is 19.3 Å². The molecule has 4 rings (SSSR count). The van der Waals surface area contributed by atoms with E-state index in [9.17, 15) is 14.4 Å². The van der Waals surface area contributed by atoms with Crippen molar-refractivity contribution in [3.8, 4) is 0 Å². The van der Waals surface area contributed by atoms with Gasteiger partial charge in [0.25, 0.3) is 5.56 Å². The predicted molar refractivity (Wildman–Crippen MR) is 112 cm³/mol. The molecule has 0 fully saturated rings. The van der Waals surface area contributed by atoms with Crippen LogP contribution in [0.5, 0.6) is 0 Å². The molecule has 3 heterocycles. The molecular formula is C22H20N4O4. The minimum Gasteiger partial charge on any atom is -0.457 e. The van der Waals surface area contributed by atoms with E-state index in [4.69, 9.17) is 4.74 Å². The molecule has 1 aromatic carbocycles. The van der Waals surface area contributed by atoms with Gasteiger partial charge in [0, 0.05) is 19.4 Å². The number of aromatic nitrogens is 3. The number of ether oxygens (including phenoxy) is 1. The lowest BCUT2D eigenvalue weighted by Crippen LogP contribution is -2.41. The van der Waals surface area contributed by atoms with E-state index in [0.717, 1.165) is 15.7 Å². The average Bonchev–Trinajstić information content (AvgIpc) is 2.77. The van der Waals surface area contributed by atoms with E-state index >= 15 is 0 Å². The van der Waals surface area contributed by atoms with Crippen molar-refractivity contribution in [2.24, 2.45) is 0 Å². The Bertz CT molecular complexity index is 1210. The number of pyridine rings is 1. The van der Waals surface area contributed by atoms with Gasteiger partial charge in [0.2, 0.25) is 0 Å². The smallest absolute Gasteiger partial charge is 0.336 e. The van der Waals surface area contributed by atoms with E-state index in [-0.39, 0.29) is 25.3 Å². The molecule has 0 saturated heterocycles. The third-order valence-corrected chi connectivity index (χ3v) is 4.87. The fourth-order valence-corrected chi connectivity index (χ4v) is 3.31. The fraction of sp³-hybridized carbons (Fsp3) is 0.182. The van der Waals surface area contributed by atoms with Crippen molar-refractivity contribution in [1.29, 1.82) is 0 Å². The summed E-state index contributed by atoms with van der Waals surface area (Å²) in [5.41, 5.74) is 1.30. The van der Waals surface area contributed by atoms with Gasteiger partial charge in [-0.15, -0.1) is 0 Å². The van der Waals surface area contributed by atoms with Gasteiger partial charge in [-0.25, -0.2) is 9.59 Å². The molecule has 1 aliphatic rings. The first-order valence-electron chi connectivity index (χ1n) is 9.41. The molecule has 0 bridgehead atoms. The Morgan fingerprint density at radius 1 is 1.10 bits per heavy atom. The highest BCUT2D eigenvalue weighted by Gasteiger charge is 2.25. The fourth-order valence-electron chi connectivity index (χ4n) is 3.31. The zero-order valence-corrected chi connectivity index (χ0v) is 16.4. The quantitative estimate of drug-likeness (QED) is 0.648. The predicted octanol–water partition coefficient (Wildman–Crippen LogP) is 1.56. The summed E-state index contributed by atoms with van der Waals surface area (Å²) in [7, 11) is 1.71. The molecule has 3 aromatic rings. The minimum absolute atomic E-state index is 0.110. The number of benzene rings is 1. The largest absolute Gasteiger partial charge is 0.457 e. The number of carbonyl (C=O) groups is 1. The standard InChI is InChI=1S/C22H20N4O4/c1-25-13-17(21(28)30-14-16-7-9-23-10-8-16)11-18-19(25)24-22(29)26(20(18)27)12-15-5-3-2-4-6-15/h2-11H,12-14H2,1H3,(H,24,29). The highest BCUT2D eigenvalue weighted by molar-refractivity contribution is 5.97. The lowest BCUT2D eigenvalue weighted by molar-refractivity contribution is -0.140. The van der Waals surface area contributed by atoms with Crippen LogP contribution < -0.4 is 16.1 Å². The Morgan fingerprint density at radius 2 is 1.83 bits per heavy atom.